The zero-order valence-corrected chi connectivity index (χ0v) is 27.8. The van der Waals surface area contributed by atoms with Gasteiger partial charge >= 0.3 is 0 Å². The first-order chi connectivity index (χ1) is 23.7. The second kappa shape index (κ2) is 15.0. The largest absolute Gasteiger partial charge is 0.497 e. The van der Waals surface area contributed by atoms with Gasteiger partial charge in [-0.1, -0.05) is 12.1 Å². The van der Waals surface area contributed by atoms with Crippen molar-refractivity contribution in [3.63, 3.8) is 0 Å². The summed E-state index contributed by atoms with van der Waals surface area (Å²) in [4.78, 5) is 22.8. The van der Waals surface area contributed by atoms with E-state index in [0.717, 1.165) is 61.9 Å². The number of methoxy groups -OCH3 is 1. The Morgan fingerprint density at radius 3 is 2.41 bits per heavy atom. The zero-order chi connectivity index (χ0) is 34.5. The maximum absolute atomic E-state index is 14.2. The van der Waals surface area contributed by atoms with Crippen LogP contribution in [-0.2, 0) is 11.2 Å². The van der Waals surface area contributed by atoms with Crippen LogP contribution in [0.1, 0.15) is 39.9 Å². The Morgan fingerprint density at radius 2 is 1.69 bits per heavy atom. The minimum Gasteiger partial charge on any atom is -0.497 e. The summed E-state index contributed by atoms with van der Waals surface area (Å²) >= 11 is 0. The summed E-state index contributed by atoms with van der Waals surface area (Å²) in [6, 6.07) is 20.2. The fraction of sp³-hybridized carbons (Fsp3) is 0.316. The number of carbonyl (C=O) groups excluding carboxylic acids is 1. The lowest BCUT2D eigenvalue weighted by molar-refractivity contribution is 0.0904. The van der Waals surface area contributed by atoms with Crippen molar-refractivity contribution in [3.05, 3.63) is 107 Å². The third kappa shape index (κ3) is 8.18. The summed E-state index contributed by atoms with van der Waals surface area (Å²) in [7, 11) is 3.69. The molecule has 0 atom stereocenters. The summed E-state index contributed by atoms with van der Waals surface area (Å²) in [5.74, 6) is -1.29. The van der Waals surface area contributed by atoms with Gasteiger partial charge in [0.05, 0.1) is 12.7 Å². The van der Waals surface area contributed by atoms with E-state index < -0.39 is 17.5 Å². The second-order valence-corrected chi connectivity index (χ2v) is 12.6. The van der Waals surface area contributed by atoms with Crippen LogP contribution in [0.25, 0.3) is 11.1 Å². The molecule has 11 heteroatoms. The molecule has 0 radical (unpaired) electrons. The van der Waals surface area contributed by atoms with E-state index in [1.54, 1.807) is 25.3 Å². The van der Waals surface area contributed by atoms with Crippen LogP contribution < -0.4 is 26.4 Å². The van der Waals surface area contributed by atoms with Crippen molar-refractivity contribution >= 4 is 28.8 Å². The van der Waals surface area contributed by atoms with Gasteiger partial charge in [-0.2, -0.15) is 4.99 Å². The Hall–Kier alpha value is -5.00. The van der Waals surface area contributed by atoms with E-state index in [2.05, 4.69) is 27.2 Å². The molecule has 2 aliphatic rings. The van der Waals surface area contributed by atoms with Gasteiger partial charge in [-0.3, -0.25) is 4.79 Å². The summed E-state index contributed by atoms with van der Waals surface area (Å²) in [5, 5.41) is 3.58. The van der Waals surface area contributed by atoms with Gasteiger partial charge < -0.3 is 36.1 Å². The van der Waals surface area contributed by atoms with Crippen molar-refractivity contribution in [2.45, 2.75) is 25.3 Å². The third-order valence-corrected chi connectivity index (χ3v) is 9.15. The topological polar surface area (TPSA) is 118 Å². The Morgan fingerprint density at radius 1 is 0.959 bits per heavy atom. The molecule has 4 aromatic rings. The molecule has 0 aliphatic carbocycles. The molecule has 2 heterocycles. The Kier molecular flexibility index (Phi) is 10.4. The molecule has 0 spiro atoms. The Bertz CT molecular complexity index is 1830. The van der Waals surface area contributed by atoms with Crippen molar-refractivity contribution in [1.29, 1.82) is 0 Å². The van der Waals surface area contributed by atoms with Gasteiger partial charge in [0.25, 0.3) is 5.91 Å². The number of likely N-dealkylation sites (N-methyl/N-ethyl adjacent to an activating group) is 1. The highest BCUT2D eigenvalue weighted by atomic mass is 19.1. The number of nitrogens with one attached hydrogen (secondary N) is 1. The highest BCUT2D eigenvalue weighted by Crippen LogP contribution is 2.33. The number of hydrogen-bond acceptors (Lipinski definition) is 7. The number of halogens is 2. The quantitative estimate of drug-likeness (QED) is 0.118. The van der Waals surface area contributed by atoms with Gasteiger partial charge in [-0.15, -0.1) is 0 Å². The molecule has 0 saturated carbocycles. The predicted octanol–water partition coefficient (Wildman–Crippen LogP) is 5.70. The summed E-state index contributed by atoms with van der Waals surface area (Å²) in [6.45, 7) is 5.00. The van der Waals surface area contributed by atoms with E-state index in [9.17, 15) is 13.6 Å². The molecule has 4 aromatic carbocycles. The lowest BCUT2D eigenvalue weighted by Crippen LogP contribution is -2.44. The number of amidine groups is 1. The van der Waals surface area contributed by atoms with Crippen molar-refractivity contribution in [1.82, 2.24) is 4.90 Å². The number of piperazine rings is 1. The molecule has 2 saturated heterocycles. The average Bonchev–Trinajstić information content (AvgIpc) is 3.09. The van der Waals surface area contributed by atoms with E-state index in [1.807, 2.05) is 36.4 Å². The Balaban J connectivity index is 1.36. The smallest absolute Gasteiger partial charge is 0.281 e. The second-order valence-electron chi connectivity index (χ2n) is 12.6. The van der Waals surface area contributed by atoms with Crippen LogP contribution in [0.5, 0.6) is 5.75 Å². The van der Waals surface area contributed by atoms with Crippen LogP contribution >= 0.6 is 0 Å². The van der Waals surface area contributed by atoms with Gasteiger partial charge in [-0.05, 0) is 103 Å². The predicted molar refractivity (Wildman–Crippen MR) is 191 cm³/mol. The number of amides is 1. The fourth-order valence-corrected chi connectivity index (χ4v) is 6.41. The standard InChI is InChI=1S/C38H42F2N6O3/c1-45-10-12-46(13-11-45)30-6-7-32(36(22-30)43-29-8-14-49-15-9-29)38(47)44-37(42)34-20-26(16-24-17-27(39)21-28(40)18-24)33(23-35(34)41)25-4-3-5-31(19-25)48-2/h3-7,17-23,29,43H,8-16,41H2,1-2H3,(H2,42,44,47). The molecule has 2 fully saturated rings. The molecule has 9 nitrogen and oxygen atoms in total. The number of benzene rings is 4. The number of nitrogen functional groups attached to an aromatic ring is 1. The molecule has 6 rings (SSSR count). The van der Waals surface area contributed by atoms with Gasteiger partial charge in [0.2, 0.25) is 0 Å². The molecule has 0 unspecified atom stereocenters. The molecular formula is C38H42F2N6O3. The lowest BCUT2D eigenvalue weighted by atomic mass is 9.91. The van der Waals surface area contributed by atoms with Crippen molar-refractivity contribution in [2.24, 2.45) is 10.7 Å². The van der Waals surface area contributed by atoms with Crippen LogP contribution in [0.15, 0.2) is 77.8 Å². The molecule has 256 valence electrons. The number of anilines is 3. The first-order valence-corrected chi connectivity index (χ1v) is 16.5. The SMILES string of the molecule is COc1cccc(-c2cc(N)c(C(N)=NC(=O)c3ccc(N4CCN(C)CC4)cc3NC3CCOCC3)cc2Cc2cc(F)cc(F)c2)c1. The van der Waals surface area contributed by atoms with Crippen molar-refractivity contribution in [3.8, 4) is 16.9 Å². The highest BCUT2D eigenvalue weighted by molar-refractivity contribution is 6.13. The summed E-state index contributed by atoms with van der Waals surface area (Å²) < 4.78 is 39.3. The van der Waals surface area contributed by atoms with Crippen LogP contribution in [0.2, 0.25) is 0 Å². The van der Waals surface area contributed by atoms with Gasteiger partial charge in [-0.25, -0.2) is 8.78 Å². The summed E-state index contributed by atoms with van der Waals surface area (Å²) in [6.07, 6.45) is 1.82. The molecule has 5 N–H and O–H groups in total. The third-order valence-electron chi connectivity index (χ3n) is 9.15. The lowest BCUT2D eigenvalue weighted by Gasteiger charge is -2.34. The minimum atomic E-state index is -0.677. The molecule has 0 bridgehead atoms. The van der Waals surface area contributed by atoms with Crippen LogP contribution in [-0.4, -0.2) is 76.2 Å². The zero-order valence-electron chi connectivity index (χ0n) is 27.8. The maximum atomic E-state index is 14.2. The number of nitrogens with zero attached hydrogens (tertiary/aromatic N) is 3. The van der Waals surface area contributed by atoms with E-state index in [4.69, 9.17) is 20.9 Å². The molecule has 49 heavy (non-hydrogen) atoms. The van der Waals surface area contributed by atoms with Crippen LogP contribution in [0.4, 0.5) is 25.8 Å². The fourth-order valence-electron chi connectivity index (χ4n) is 6.41. The monoisotopic (exact) mass is 668 g/mol. The number of ether oxygens (including phenoxy) is 2. The van der Waals surface area contributed by atoms with E-state index >= 15 is 0 Å². The van der Waals surface area contributed by atoms with Gasteiger partial charge in [0.1, 0.15) is 23.2 Å². The normalized spacial score (nSPS) is 16.1. The summed E-state index contributed by atoms with van der Waals surface area (Å²) in [5.41, 5.74) is 18.5. The Labute approximate surface area is 285 Å². The van der Waals surface area contributed by atoms with Crippen LogP contribution in [0, 0.1) is 11.6 Å². The van der Waals surface area contributed by atoms with Gasteiger partial charge in [0.15, 0.2) is 0 Å². The van der Waals surface area contributed by atoms with E-state index in [-0.39, 0.29) is 18.3 Å². The van der Waals surface area contributed by atoms with E-state index in [0.29, 0.717) is 52.6 Å². The first-order valence-electron chi connectivity index (χ1n) is 16.5. The number of nitrogens with two attached hydrogens (primary N) is 2. The molecule has 0 aromatic heterocycles. The minimum absolute atomic E-state index is 0.0634. The highest BCUT2D eigenvalue weighted by Gasteiger charge is 2.22. The number of hydrogen-bond donors (Lipinski definition) is 3. The van der Waals surface area contributed by atoms with Crippen molar-refractivity contribution in [2.75, 3.05) is 69.5 Å². The number of carbonyl (C=O) groups is 1. The molecule has 2 aliphatic heterocycles. The van der Waals surface area contributed by atoms with Crippen LogP contribution in [0.3, 0.4) is 0 Å². The van der Waals surface area contributed by atoms with Gasteiger partial charge in [0, 0.05) is 74.1 Å². The van der Waals surface area contributed by atoms with E-state index in [1.165, 1.54) is 12.1 Å². The molecular weight excluding hydrogens is 626 g/mol. The molecule has 1 amide bonds. The average molecular weight is 669 g/mol. The number of rotatable bonds is 9. The van der Waals surface area contributed by atoms with Crippen molar-refractivity contribution < 1.29 is 23.0 Å². The maximum Gasteiger partial charge on any atom is 0.281 e. The first kappa shape index (κ1) is 33.9. The number of aliphatic imine (C=N–C) groups is 1.